The lowest BCUT2D eigenvalue weighted by Gasteiger charge is -2.33. The number of piperidine rings is 1. The average molecular weight is 585 g/mol. The summed E-state index contributed by atoms with van der Waals surface area (Å²) in [5.41, 5.74) is 1.20. The van der Waals surface area contributed by atoms with Gasteiger partial charge in [0.05, 0.1) is 34.4 Å². The topological polar surface area (TPSA) is 75.6 Å². The summed E-state index contributed by atoms with van der Waals surface area (Å²) >= 11 is 0. The standard InChI is InChI=1S/C27H29F5N4O3S/c1-35-12-10-23(21(29)15-35)34-22-6-3-7-25-20(22)13-18(36(25)16-27(30,31)32)5-4-11-33-24-9-8-19(40(2,37)38)14-26(24)39-17-28/h3,6-9,13-14,21,23,33-34H,10-12,15-17H2,1-2H3/t21-,23+/m0/s1. The van der Waals surface area contributed by atoms with E-state index in [0.717, 1.165) is 10.8 Å². The Labute approximate surface area is 229 Å². The fourth-order valence-corrected chi connectivity index (χ4v) is 5.25. The molecule has 2 aromatic carbocycles. The Hall–Kier alpha value is -3.50. The summed E-state index contributed by atoms with van der Waals surface area (Å²) in [5, 5.41) is 6.54. The van der Waals surface area contributed by atoms with E-state index in [0.29, 0.717) is 29.6 Å². The van der Waals surface area contributed by atoms with Crippen molar-refractivity contribution in [2.24, 2.45) is 0 Å². The summed E-state index contributed by atoms with van der Waals surface area (Å²) in [4.78, 5) is 1.82. The van der Waals surface area contributed by atoms with Gasteiger partial charge >= 0.3 is 6.18 Å². The molecule has 0 aliphatic carbocycles. The van der Waals surface area contributed by atoms with Gasteiger partial charge in [0, 0.05) is 36.5 Å². The minimum absolute atomic E-state index is 0.0470. The first-order chi connectivity index (χ1) is 18.9. The maximum Gasteiger partial charge on any atom is 0.406 e. The Morgan fingerprint density at radius 3 is 2.60 bits per heavy atom. The molecule has 0 bridgehead atoms. The van der Waals surface area contributed by atoms with Crippen LogP contribution in [0.25, 0.3) is 10.9 Å². The van der Waals surface area contributed by atoms with Crippen LogP contribution in [0.3, 0.4) is 0 Å². The highest BCUT2D eigenvalue weighted by atomic mass is 32.2. The number of alkyl halides is 5. The molecule has 0 radical (unpaired) electrons. The van der Waals surface area contributed by atoms with Gasteiger partial charge in [-0.2, -0.15) is 13.2 Å². The second kappa shape index (κ2) is 11.9. The molecule has 1 saturated heterocycles. The molecule has 2 N–H and O–H groups in total. The van der Waals surface area contributed by atoms with Gasteiger partial charge in [-0.05, 0) is 49.7 Å². The first kappa shape index (κ1) is 29.5. The summed E-state index contributed by atoms with van der Waals surface area (Å²) in [7, 11) is -1.72. The number of fused-ring (bicyclic) bond motifs is 1. The minimum Gasteiger partial charge on any atom is -0.461 e. The number of anilines is 2. The summed E-state index contributed by atoms with van der Waals surface area (Å²) in [5.74, 6) is 5.47. The monoisotopic (exact) mass is 584 g/mol. The molecule has 216 valence electrons. The molecule has 0 amide bonds. The number of likely N-dealkylation sites (tertiary alicyclic amines) is 1. The highest BCUT2D eigenvalue weighted by Crippen LogP contribution is 2.32. The predicted octanol–water partition coefficient (Wildman–Crippen LogP) is 4.83. The number of benzene rings is 2. The number of ether oxygens (including phenoxy) is 1. The molecule has 1 aliphatic rings. The van der Waals surface area contributed by atoms with E-state index >= 15 is 0 Å². The fraction of sp³-hybridized carbons (Fsp3) is 0.407. The van der Waals surface area contributed by atoms with E-state index in [1.165, 1.54) is 24.3 Å². The second-order valence-electron chi connectivity index (χ2n) is 9.63. The van der Waals surface area contributed by atoms with E-state index in [1.807, 2.05) is 11.9 Å². The van der Waals surface area contributed by atoms with Gasteiger partial charge in [-0.1, -0.05) is 12.0 Å². The fourth-order valence-electron chi connectivity index (χ4n) is 4.61. The largest absolute Gasteiger partial charge is 0.461 e. The third kappa shape index (κ3) is 7.17. The van der Waals surface area contributed by atoms with E-state index in [1.54, 1.807) is 18.2 Å². The van der Waals surface area contributed by atoms with Crippen molar-refractivity contribution in [3.8, 4) is 17.6 Å². The average Bonchev–Trinajstić information content (AvgIpc) is 3.20. The Bertz CT molecular complexity index is 1530. The van der Waals surface area contributed by atoms with Gasteiger partial charge in [-0.3, -0.25) is 0 Å². The SMILES string of the molecule is CN1CC[C@@H](Nc2cccc3c2cc(C#CCNc2ccc(S(C)(=O)=O)cc2OCF)n3CC(F)(F)F)[C@@H](F)C1. The Morgan fingerprint density at radius 1 is 1.15 bits per heavy atom. The smallest absolute Gasteiger partial charge is 0.406 e. The Morgan fingerprint density at radius 2 is 1.93 bits per heavy atom. The van der Waals surface area contributed by atoms with Crippen molar-refractivity contribution in [2.45, 2.75) is 36.3 Å². The second-order valence-corrected chi connectivity index (χ2v) is 11.6. The van der Waals surface area contributed by atoms with Crippen molar-refractivity contribution in [1.29, 1.82) is 0 Å². The molecule has 0 unspecified atom stereocenters. The molecular weight excluding hydrogens is 555 g/mol. The van der Waals surface area contributed by atoms with Crippen LogP contribution in [0.15, 0.2) is 47.4 Å². The molecule has 13 heteroatoms. The normalized spacial score (nSPS) is 18.3. The van der Waals surface area contributed by atoms with Crippen LogP contribution >= 0.6 is 0 Å². The van der Waals surface area contributed by atoms with Crippen molar-refractivity contribution < 1.29 is 35.1 Å². The minimum atomic E-state index is -4.51. The van der Waals surface area contributed by atoms with Crippen LogP contribution in [0.1, 0.15) is 12.1 Å². The van der Waals surface area contributed by atoms with Crippen molar-refractivity contribution in [1.82, 2.24) is 9.47 Å². The van der Waals surface area contributed by atoms with Gasteiger partial charge in [0.1, 0.15) is 18.5 Å². The van der Waals surface area contributed by atoms with Crippen molar-refractivity contribution >= 4 is 32.1 Å². The van der Waals surface area contributed by atoms with Crippen LogP contribution in [-0.4, -0.2) is 76.1 Å². The summed E-state index contributed by atoms with van der Waals surface area (Å²) in [6.07, 6.45) is -4.09. The molecule has 2 atom stereocenters. The molecular formula is C27H29F5N4O3S. The highest BCUT2D eigenvalue weighted by Gasteiger charge is 2.31. The van der Waals surface area contributed by atoms with Gasteiger partial charge in [-0.15, -0.1) is 0 Å². The number of hydrogen-bond acceptors (Lipinski definition) is 6. The molecule has 0 saturated carbocycles. The van der Waals surface area contributed by atoms with E-state index in [-0.39, 0.29) is 35.1 Å². The maximum atomic E-state index is 14.6. The van der Waals surface area contributed by atoms with E-state index in [9.17, 15) is 30.4 Å². The van der Waals surface area contributed by atoms with Crippen LogP contribution < -0.4 is 15.4 Å². The molecule has 2 heterocycles. The van der Waals surface area contributed by atoms with Gasteiger partial charge in [0.15, 0.2) is 9.84 Å². The number of aromatic nitrogens is 1. The van der Waals surface area contributed by atoms with Crippen molar-refractivity contribution in [2.75, 3.05) is 50.4 Å². The molecule has 1 aromatic heterocycles. The predicted molar refractivity (Wildman–Crippen MR) is 144 cm³/mol. The van der Waals surface area contributed by atoms with Crippen LogP contribution in [0.4, 0.5) is 33.3 Å². The van der Waals surface area contributed by atoms with Gasteiger partial charge in [0.25, 0.3) is 0 Å². The van der Waals surface area contributed by atoms with Crippen LogP contribution in [-0.2, 0) is 16.4 Å². The van der Waals surface area contributed by atoms with Crippen LogP contribution in [0.2, 0.25) is 0 Å². The Kier molecular flexibility index (Phi) is 8.80. The number of nitrogens with zero attached hydrogens (tertiary/aromatic N) is 2. The molecule has 1 aliphatic heterocycles. The first-order valence-corrected chi connectivity index (χ1v) is 14.3. The van der Waals surface area contributed by atoms with E-state index in [2.05, 4.69) is 22.5 Å². The zero-order valence-electron chi connectivity index (χ0n) is 21.9. The highest BCUT2D eigenvalue weighted by molar-refractivity contribution is 7.90. The first-order valence-electron chi connectivity index (χ1n) is 12.4. The third-order valence-corrected chi connectivity index (χ3v) is 7.65. The maximum absolute atomic E-state index is 14.6. The summed E-state index contributed by atoms with van der Waals surface area (Å²) < 4.78 is 97.5. The van der Waals surface area contributed by atoms with Crippen molar-refractivity contribution in [3.05, 3.63) is 48.2 Å². The van der Waals surface area contributed by atoms with Gasteiger partial charge < -0.3 is 24.8 Å². The molecule has 3 aromatic rings. The number of rotatable bonds is 8. The summed E-state index contributed by atoms with van der Waals surface area (Å²) in [6, 6.07) is 9.83. The zero-order valence-corrected chi connectivity index (χ0v) is 22.7. The lowest BCUT2D eigenvalue weighted by Crippen LogP contribution is -2.46. The van der Waals surface area contributed by atoms with Crippen LogP contribution in [0, 0.1) is 11.8 Å². The third-order valence-electron chi connectivity index (χ3n) is 6.54. The van der Waals surface area contributed by atoms with Crippen molar-refractivity contribution in [3.63, 3.8) is 0 Å². The number of halogens is 5. The lowest BCUT2D eigenvalue weighted by atomic mass is 10.0. The Balaban J connectivity index is 1.61. The van der Waals surface area contributed by atoms with E-state index in [4.69, 9.17) is 4.74 Å². The number of sulfone groups is 1. The summed E-state index contributed by atoms with van der Waals surface area (Å²) in [6.45, 7) is -1.55. The van der Waals surface area contributed by atoms with Gasteiger partial charge in [0.2, 0.25) is 6.86 Å². The molecule has 1 fully saturated rings. The molecule has 0 spiro atoms. The number of hydrogen-bond donors (Lipinski definition) is 2. The molecule has 40 heavy (non-hydrogen) atoms. The van der Waals surface area contributed by atoms with Gasteiger partial charge in [-0.25, -0.2) is 17.2 Å². The lowest BCUT2D eigenvalue weighted by molar-refractivity contribution is -0.140. The molecule has 7 nitrogen and oxygen atoms in total. The van der Waals surface area contributed by atoms with Crippen LogP contribution in [0.5, 0.6) is 5.75 Å². The van der Waals surface area contributed by atoms with E-state index < -0.39 is 41.6 Å². The number of nitrogens with one attached hydrogen (secondary N) is 2. The molecule has 4 rings (SSSR count). The zero-order chi connectivity index (χ0) is 29.1. The quantitative estimate of drug-likeness (QED) is 0.292.